The van der Waals surface area contributed by atoms with Crippen molar-refractivity contribution in [3.8, 4) is 0 Å². The molecule has 0 fully saturated rings. The van der Waals surface area contributed by atoms with E-state index in [1.54, 1.807) is 0 Å². The van der Waals surface area contributed by atoms with E-state index in [1.165, 1.54) is 0 Å². The fourth-order valence-electron chi connectivity index (χ4n) is 0.143. The average Bonchev–Trinajstić information content (AvgIpc) is 1.61. The van der Waals surface area contributed by atoms with Crippen molar-refractivity contribution in [3.63, 3.8) is 0 Å². The van der Waals surface area contributed by atoms with Crippen molar-refractivity contribution < 1.29 is 64.6 Å². The SMILES string of the molecule is O=C(O)/C=C\C(=O)O.[Au].[Au]. The van der Waals surface area contributed by atoms with Gasteiger partial charge in [-0.1, -0.05) is 0 Å². The third-order valence-electron chi connectivity index (χ3n) is 0.368. The molecule has 0 saturated heterocycles. The summed E-state index contributed by atoms with van der Waals surface area (Å²) in [5, 5.41) is 15.6. The summed E-state index contributed by atoms with van der Waals surface area (Å²) in [5.74, 6) is -2.51. The predicted octanol–water partition coefficient (Wildman–Crippen LogP) is -0.293. The molecule has 0 aromatic rings. The van der Waals surface area contributed by atoms with Gasteiger partial charge in [-0.2, -0.15) is 0 Å². The minimum Gasteiger partial charge on any atom is -0.478 e. The second-order valence-electron chi connectivity index (χ2n) is 1.01. The van der Waals surface area contributed by atoms with Gasteiger partial charge in [0.15, 0.2) is 0 Å². The normalized spacial score (nSPS) is 7.60. The number of hydrogen-bond acceptors (Lipinski definition) is 2. The van der Waals surface area contributed by atoms with E-state index in [2.05, 4.69) is 0 Å². The summed E-state index contributed by atoms with van der Waals surface area (Å²) in [5.41, 5.74) is 0. The first kappa shape index (κ1) is 16.6. The Kier molecular flexibility index (Phi) is 15.2. The molecule has 0 aliphatic rings. The van der Waals surface area contributed by atoms with Gasteiger partial charge in [0.2, 0.25) is 0 Å². The first-order valence-electron chi connectivity index (χ1n) is 1.77. The second-order valence-corrected chi connectivity index (χ2v) is 1.01. The van der Waals surface area contributed by atoms with Crippen LogP contribution in [0.15, 0.2) is 12.2 Å². The molecule has 10 heavy (non-hydrogen) atoms. The fourth-order valence-corrected chi connectivity index (χ4v) is 0.143. The van der Waals surface area contributed by atoms with Crippen LogP contribution >= 0.6 is 0 Å². The number of carboxylic acids is 2. The van der Waals surface area contributed by atoms with Crippen molar-refractivity contribution in [1.29, 1.82) is 0 Å². The van der Waals surface area contributed by atoms with Crippen molar-refractivity contribution >= 4 is 11.9 Å². The Bertz CT molecular complexity index is 126. The number of rotatable bonds is 2. The maximum absolute atomic E-state index is 9.55. The molecule has 0 saturated carbocycles. The maximum Gasteiger partial charge on any atom is 0.328 e. The van der Waals surface area contributed by atoms with Crippen LogP contribution in [0.2, 0.25) is 0 Å². The van der Waals surface area contributed by atoms with Crippen LogP contribution in [0.25, 0.3) is 0 Å². The van der Waals surface area contributed by atoms with E-state index in [1.807, 2.05) is 0 Å². The number of aliphatic carboxylic acids is 2. The number of carboxylic acid groups (broad SMARTS) is 2. The molecular formula is C4H4Au2O4. The van der Waals surface area contributed by atoms with Gasteiger partial charge in [0.1, 0.15) is 0 Å². The van der Waals surface area contributed by atoms with Gasteiger partial charge in [0.05, 0.1) is 0 Å². The molecule has 0 spiro atoms. The van der Waals surface area contributed by atoms with Crippen LogP contribution < -0.4 is 0 Å². The summed E-state index contributed by atoms with van der Waals surface area (Å²) >= 11 is 0. The Labute approximate surface area is 88.3 Å². The molecule has 4 nitrogen and oxygen atoms in total. The minimum absolute atomic E-state index is 0. The molecule has 0 amide bonds. The standard InChI is InChI=1S/C4H4O4.2Au/c5-3(6)1-2-4(7)8;;/h1-2H,(H,5,6)(H,7,8);;/b2-1-;;. The summed E-state index contributed by atoms with van der Waals surface area (Å²) in [6.07, 6.45) is 1.12. The van der Waals surface area contributed by atoms with Crippen LogP contribution in [0.4, 0.5) is 0 Å². The van der Waals surface area contributed by atoms with E-state index in [4.69, 9.17) is 10.2 Å². The molecule has 0 aliphatic heterocycles. The van der Waals surface area contributed by atoms with Crippen LogP contribution in [0.3, 0.4) is 0 Å². The van der Waals surface area contributed by atoms with Crippen molar-refractivity contribution in [3.05, 3.63) is 12.2 Å². The Morgan fingerprint density at radius 2 is 1.10 bits per heavy atom. The molecule has 0 bridgehead atoms. The van der Waals surface area contributed by atoms with Gasteiger partial charge < -0.3 is 10.2 Å². The predicted molar refractivity (Wildman–Crippen MR) is 24.4 cm³/mol. The van der Waals surface area contributed by atoms with E-state index in [-0.39, 0.29) is 44.8 Å². The van der Waals surface area contributed by atoms with E-state index in [0.29, 0.717) is 12.2 Å². The average molecular weight is 510 g/mol. The van der Waals surface area contributed by atoms with Crippen LogP contribution in [-0.4, -0.2) is 22.2 Å². The molecule has 0 aromatic heterocycles. The zero-order valence-corrected chi connectivity index (χ0v) is 8.80. The van der Waals surface area contributed by atoms with Gasteiger partial charge in [0.25, 0.3) is 0 Å². The van der Waals surface area contributed by atoms with E-state index in [0.717, 1.165) is 0 Å². The molecule has 2 N–H and O–H groups in total. The van der Waals surface area contributed by atoms with Gasteiger partial charge in [-0.25, -0.2) is 9.59 Å². The molecule has 0 aliphatic carbocycles. The van der Waals surface area contributed by atoms with Crippen LogP contribution in [0, 0.1) is 0 Å². The largest absolute Gasteiger partial charge is 0.478 e. The van der Waals surface area contributed by atoms with E-state index >= 15 is 0 Å². The van der Waals surface area contributed by atoms with Gasteiger partial charge in [-0.05, 0) is 0 Å². The van der Waals surface area contributed by atoms with Crippen molar-refractivity contribution in [2.24, 2.45) is 0 Å². The summed E-state index contributed by atoms with van der Waals surface area (Å²) in [6, 6.07) is 0. The first-order valence-corrected chi connectivity index (χ1v) is 1.77. The molecule has 0 heterocycles. The smallest absolute Gasteiger partial charge is 0.328 e. The molecular weight excluding hydrogens is 506 g/mol. The first-order chi connectivity index (χ1) is 3.63. The topological polar surface area (TPSA) is 74.6 Å². The Balaban J connectivity index is -0.000000245. The molecule has 0 aromatic carbocycles. The zero-order chi connectivity index (χ0) is 6.57. The Morgan fingerprint density at radius 1 is 0.900 bits per heavy atom. The minimum atomic E-state index is -1.26. The van der Waals surface area contributed by atoms with E-state index in [9.17, 15) is 9.59 Å². The monoisotopic (exact) mass is 510 g/mol. The molecule has 0 atom stereocenters. The number of hydrogen-bond donors (Lipinski definition) is 2. The summed E-state index contributed by atoms with van der Waals surface area (Å²) in [7, 11) is 0. The van der Waals surface area contributed by atoms with Gasteiger partial charge in [-0.3, -0.25) is 0 Å². The van der Waals surface area contributed by atoms with Gasteiger partial charge in [0, 0.05) is 56.9 Å². The third-order valence-corrected chi connectivity index (χ3v) is 0.368. The third kappa shape index (κ3) is 15.7. The van der Waals surface area contributed by atoms with Gasteiger partial charge in [-0.15, -0.1) is 0 Å². The molecule has 6 heteroatoms. The fraction of sp³-hybridized carbons (Fsp3) is 0. The maximum atomic E-state index is 9.55. The summed E-state index contributed by atoms with van der Waals surface area (Å²) < 4.78 is 0. The van der Waals surface area contributed by atoms with E-state index < -0.39 is 11.9 Å². The molecule has 0 rings (SSSR count). The molecule has 66 valence electrons. The van der Waals surface area contributed by atoms with Crippen LogP contribution in [-0.2, 0) is 54.3 Å². The Morgan fingerprint density at radius 3 is 1.20 bits per heavy atom. The van der Waals surface area contributed by atoms with Crippen LogP contribution in [0.1, 0.15) is 0 Å². The summed E-state index contributed by atoms with van der Waals surface area (Å²) in [6.45, 7) is 0. The summed E-state index contributed by atoms with van der Waals surface area (Å²) in [4.78, 5) is 19.1. The van der Waals surface area contributed by atoms with Crippen molar-refractivity contribution in [2.45, 2.75) is 0 Å². The zero-order valence-electron chi connectivity index (χ0n) is 4.47. The molecule has 2 radical (unpaired) electrons. The van der Waals surface area contributed by atoms with Gasteiger partial charge >= 0.3 is 11.9 Å². The van der Waals surface area contributed by atoms with Crippen molar-refractivity contribution in [1.82, 2.24) is 0 Å². The van der Waals surface area contributed by atoms with Crippen LogP contribution in [0.5, 0.6) is 0 Å². The van der Waals surface area contributed by atoms with Crippen molar-refractivity contribution in [2.75, 3.05) is 0 Å². The number of carbonyl (C=O) groups is 2. The Hall–Kier alpha value is 0.161. The second kappa shape index (κ2) is 9.16. The quantitative estimate of drug-likeness (QED) is 0.396. The molecule has 0 unspecified atom stereocenters.